The minimum atomic E-state index is -0.589. The van der Waals surface area contributed by atoms with E-state index in [1.54, 1.807) is 6.92 Å². The van der Waals surface area contributed by atoms with Crippen molar-refractivity contribution in [1.82, 2.24) is 4.98 Å². The summed E-state index contributed by atoms with van der Waals surface area (Å²) in [4.78, 5) is 27.3. The number of esters is 1. The zero-order valence-electron chi connectivity index (χ0n) is 10.5. The number of amides is 1. The van der Waals surface area contributed by atoms with Crippen LogP contribution in [-0.4, -0.2) is 36.2 Å². The quantitative estimate of drug-likeness (QED) is 0.800. The summed E-state index contributed by atoms with van der Waals surface area (Å²) in [6, 6.07) is 0. The molecule has 0 bridgehead atoms. The summed E-state index contributed by atoms with van der Waals surface area (Å²) >= 11 is 1.03. The molecule has 1 fully saturated rings. The minimum Gasteiger partial charge on any atom is -0.461 e. The molecular formula is C11H15N3O4S. The standard InChI is InChI=1S/C11H15N3O4S/c1-2-17-10(16)7-8(12)19-11(13-7)14-9(15)6-4-3-5-18-6/h6H,2-5,12H2,1H3,(H,13,14,15). The lowest BCUT2D eigenvalue weighted by atomic mass is 10.2. The molecule has 1 aliphatic heterocycles. The predicted molar refractivity (Wildman–Crippen MR) is 70.1 cm³/mol. The molecule has 7 nitrogen and oxygen atoms in total. The maximum Gasteiger partial charge on any atom is 0.360 e. The lowest BCUT2D eigenvalue weighted by molar-refractivity contribution is -0.124. The van der Waals surface area contributed by atoms with Crippen molar-refractivity contribution in [3.8, 4) is 0 Å². The van der Waals surface area contributed by atoms with Gasteiger partial charge in [0.25, 0.3) is 5.91 Å². The molecule has 1 aromatic rings. The fourth-order valence-corrected chi connectivity index (χ4v) is 2.42. The fraction of sp³-hybridized carbons (Fsp3) is 0.545. The van der Waals surface area contributed by atoms with Gasteiger partial charge in [-0.25, -0.2) is 9.78 Å². The highest BCUT2D eigenvalue weighted by atomic mass is 32.1. The summed E-state index contributed by atoms with van der Waals surface area (Å²) in [6.45, 7) is 2.53. The van der Waals surface area contributed by atoms with Crippen LogP contribution in [-0.2, 0) is 14.3 Å². The van der Waals surface area contributed by atoms with Crippen molar-refractivity contribution in [2.75, 3.05) is 24.3 Å². The Bertz CT molecular complexity index is 482. The van der Waals surface area contributed by atoms with E-state index in [9.17, 15) is 9.59 Å². The lowest BCUT2D eigenvalue weighted by Crippen LogP contribution is -2.26. The zero-order chi connectivity index (χ0) is 13.8. The SMILES string of the molecule is CCOC(=O)c1nc(NC(=O)C2CCCO2)sc1N. The van der Waals surface area contributed by atoms with E-state index in [1.807, 2.05) is 0 Å². The highest BCUT2D eigenvalue weighted by Crippen LogP contribution is 2.26. The number of nitrogens with two attached hydrogens (primary N) is 1. The number of carbonyl (C=O) groups is 2. The summed E-state index contributed by atoms with van der Waals surface area (Å²) in [6.07, 6.45) is 1.11. The van der Waals surface area contributed by atoms with Crippen molar-refractivity contribution in [1.29, 1.82) is 0 Å². The number of aromatic nitrogens is 1. The third-order valence-corrected chi connectivity index (χ3v) is 3.37. The van der Waals surface area contributed by atoms with Gasteiger partial charge in [0.1, 0.15) is 11.1 Å². The van der Waals surface area contributed by atoms with Gasteiger partial charge in [0.05, 0.1) is 6.61 Å². The van der Waals surface area contributed by atoms with Gasteiger partial charge in [0.2, 0.25) is 0 Å². The van der Waals surface area contributed by atoms with E-state index in [0.29, 0.717) is 13.0 Å². The Labute approximate surface area is 114 Å². The summed E-state index contributed by atoms with van der Waals surface area (Å²) in [7, 11) is 0. The Morgan fingerprint density at radius 3 is 3.05 bits per heavy atom. The van der Waals surface area contributed by atoms with Crippen LogP contribution in [0.1, 0.15) is 30.3 Å². The van der Waals surface area contributed by atoms with Gasteiger partial charge in [-0.15, -0.1) is 0 Å². The van der Waals surface area contributed by atoms with E-state index in [-0.39, 0.29) is 28.3 Å². The van der Waals surface area contributed by atoms with Crippen LogP contribution in [0.2, 0.25) is 0 Å². The molecule has 1 aromatic heterocycles. The van der Waals surface area contributed by atoms with Crippen LogP contribution in [0.3, 0.4) is 0 Å². The second-order valence-corrected chi connectivity index (χ2v) is 4.97. The molecule has 3 N–H and O–H groups in total. The van der Waals surface area contributed by atoms with Gasteiger partial charge < -0.3 is 15.2 Å². The summed E-state index contributed by atoms with van der Waals surface area (Å²) in [5.74, 6) is -0.851. The second-order valence-electron chi connectivity index (χ2n) is 3.94. The van der Waals surface area contributed by atoms with Crippen molar-refractivity contribution in [2.24, 2.45) is 0 Å². The smallest absolute Gasteiger partial charge is 0.360 e. The first-order valence-electron chi connectivity index (χ1n) is 5.97. The molecule has 0 aliphatic carbocycles. The first-order valence-corrected chi connectivity index (χ1v) is 6.79. The first-order chi connectivity index (χ1) is 9.11. The molecule has 0 spiro atoms. The van der Waals surface area contributed by atoms with Gasteiger partial charge in [-0.1, -0.05) is 11.3 Å². The molecule has 104 valence electrons. The molecular weight excluding hydrogens is 270 g/mol. The third kappa shape index (κ3) is 3.21. The molecule has 1 atom stereocenters. The van der Waals surface area contributed by atoms with Crippen LogP contribution < -0.4 is 11.1 Å². The van der Waals surface area contributed by atoms with Crippen LogP contribution in [0, 0.1) is 0 Å². The number of ether oxygens (including phenoxy) is 2. The predicted octanol–water partition coefficient (Wildman–Crippen LogP) is 1.02. The van der Waals surface area contributed by atoms with E-state index in [1.165, 1.54) is 0 Å². The molecule has 1 amide bonds. The third-order valence-electron chi connectivity index (χ3n) is 2.57. The van der Waals surface area contributed by atoms with Crippen molar-refractivity contribution in [3.05, 3.63) is 5.69 Å². The molecule has 1 saturated heterocycles. The maximum absolute atomic E-state index is 11.8. The number of carbonyl (C=O) groups excluding carboxylic acids is 2. The van der Waals surface area contributed by atoms with Gasteiger partial charge in [-0.3, -0.25) is 10.1 Å². The van der Waals surface area contributed by atoms with E-state index in [0.717, 1.165) is 17.8 Å². The van der Waals surface area contributed by atoms with Gasteiger partial charge >= 0.3 is 5.97 Å². The summed E-state index contributed by atoms with van der Waals surface area (Å²) in [5, 5.41) is 3.10. The van der Waals surface area contributed by atoms with Crippen LogP contribution in [0.4, 0.5) is 10.1 Å². The van der Waals surface area contributed by atoms with E-state index in [4.69, 9.17) is 15.2 Å². The molecule has 1 unspecified atom stereocenters. The maximum atomic E-state index is 11.8. The molecule has 0 aromatic carbocycles. The summed E-state index contributed by atoms with van der Waals surface area (Å²) in [5.41, 5.74) is 5.71. The normalized spacial score (nSPS) is 18.3. The molecule has 2 heterocycles. The van der Waals surface area contributed by atoms with Crippen LogP contribution in [0.25, 0.3) is 0 Å². The van der Waals surface area contributed by atoms with Crippen molar-refractivity contribution >= 4 is 33.3 Å². The highest BCUT2D eigenvalue weighted by molar-refractivity contribution is 7.19. The van der Waals surface area contributed by atoms with E-state index < -0.39 is 12.1 Å². The number of hydrogen-bond donors (Lipinski definition) is 2. The van der Waals surface area contributed by atoms with Gasteiger partial charge in [-0.2, -0.15) is 0 Å². The van der Waals surface area contributed by atoms with E-state index in [2.05, 4.69) is 10.3 Å². The average molecular weight is 285 g/mol. The summed E-state index contributed by atoms with van der Waals surface area (Å²) < 4.78 is 10.1. The Kier molecular flexibility index (Phi) is 4.33. The number of thiazole rings is 1. The number of hydrogen-bond acceptors (Lipinski definition) is 7. The fourth-order valence-electron chi connectivity index (χ4n) is 1.70. The number of nitrogens with zero attached hydrogens (tertiary/aromatic N) is 1. The highest BCUT2D eigenvalue weighted by Gasteiger charge is 2.25. The number of nitrogen functional groups attached to an aromatic ring is 1. The van der Waals surface area contributed by atoms with Gasteiger partial charge in [-0.05, 0) is 19.8 Å². The topological polar surface area (TPSA) is 104 Å². The van der Waals surface area contributed by atoms with Crippen molar-refractivity contribution in [3.63, 3.8) is 0 Å². The van der Waals surface area contributed by atoms with Crippen LogP contribution in [0.5, 0.6) is 0 Å². The first kappa shape index (κ1) is 13.8. The molecule has 8 heteroatoms. The number of rotatable bonds is 4. The van der Waals surface area contributed by atoms with Crippen molar-refractivity contribution < 1.29 is 19.1 Å². The Hall–Kier alpha value is -1.67. The Morgan fingerprint density at radius 1 is 1.63 bits per heavy atom. The average Bonchev–Trinajstić information content (AvgIpc) is 2.99. The van der Waals surface area contributed by atoms with Gasteiger partial charge in [0, 0.05) is 6.61 Å². The largest absolute Gasteiger partial charge is 0.461 e. The van der Waals surface area contributed by atoms with Crippen LogP contribution >= 0.6 is 11.3 Å². The molecule has 1 aliphatic rings. The van der Waals surface area contributed by atoms with Gasteiger partial charge in [0.15, 0.2) is 10.8 Å². The zero-order valence-corrected chi connectivity index (χ0v) is 11.3. The molecule has 2 rings (SSSR count). The monoisotopic (exact) mass is 285 g/mol. The second kappa shape index (κ2) is 5.98. The van der Waals surface area contributed by atoms with Crippen LogP contribution in [0.15, 0.2) is 0 Å². The van der Waals surface area contributed by atoms with Crippen molar-refractivity contribution in [2.45, 2.75) is 25.9 Å². The lowest BCUT2D eigenvalue weighted by Gasteiger charge is -2.07. The molecule has 19 heavy (non-hydrogen) atoms. The number of nitrogens with one attached hydrogen (secondary N) is 1. The minimum absolute atomic E-state index is 0.0366. The Balaban J connectivity index is 2.03. The van der Waals surface area contributed by atoms with E-state index >= 15 is 0 Å². The Morgan fingerprint density at radius 2 is 2.42 bits per heavy atom. The molecule has 0 radical (unpaired) electrons. The number of anilines is 2. The molecule has 0 saturated carbocycles.